The summed E-state index contributed by atoms with van der Waals surface area (Å²) in [5.74, 6) is 2.70. The highest BCUT2D eigenvalue weighted by Crippen LogP contribution is 2.28. The first-order chi connectivity index (χ1) is 13.0. The van der Waals surface area contributed by atoms with Gasteiger partial charge in [0, 0.05) is 6.54 Å². The van der Waals surface area contributed by atoms with Gasteiger partial charge >= 0.3 is 0 Å². The van der Waals surface area contributed by atoms with E-state index in [1.807, 2.05) is 42.5 Å². The Bertz CT molecular complexity index is 743. The Kier molecular flexibility index (Phi) is 7.99. The predicted molar refractivity (Wildman–Crippen MR) is 106 cm³/mol. The van der Waals surface area contributed by atoms with Crippen LogP contribution >= 0.6 is 0 Å². The molecule has 27 heavy (non-hydrogen) atoms. The molecule has 5 heteroatoms. The van der Waals surface area contributed by atoms with Gasteiger partial charge in [0.1, 0.15) is 5.75 Å². The quantitative estimate of drug-likeness (QED) is 0.686. The molecular formula is C22H29NO4. The van der Waals surface area contributed by atoms with Crippen molar-refractivity contribution >= 4 is 5.91 Å². The van der Waals surface area contributed by atoms with E-state index in [0.29, 0.717) is 31.2 Å². The third kappa shape index (κ3) is 6.85. The summed E-state index contributed by atoms with van der Waals surface area (Å²) >= 11 is 0. The van der Waals surface area contributed by atoms with Crippen molar-refractivity contribution in [2.75, 3.05) is 20.8 Å². The second-order valence-electron chi connectivity index (χ2n) is 6.82. The topological polar surface area (TPSA) is 56.8 Å². The van der Waals surface area contributed by atoms with Gasteiger partial charge in [-0.3, -0.25) is 4.79 Å². The van der Waals surface area contributed by atoms with E-state index in [-0.39, 0.29) is 5.91 Å². The number of hydrogen-bond donors (Lipinski definition) is 1. The van der Waals surface area contributed by atoms with Crippen molar-refractivity contribution in [2.24, 2.45) is 5.92 Å². The molecule has 0 spiro atoms. The second-order valence-corrected chi connectivity index (χ2v) is 6.82. The molecule has 0 saturated carbocycles. The third-order valence-corrected chi connectivity index (χ3v) is 4.17. The SMILES string of the molecule is COc1cccc(CC(=O)NCc2ccc(OCCC(C)C)c(OC)c2)c1. The number of rotatable bonds is 10. The van der Waals surface area contributed by atoms with Crippen molar-refractivity contribution < 1.29 is 19.0 Å². The average molecular weight is 371 g/mol. The summed E-state index contributed by atoms with van der Waals surface area (Å²) in [7, 11) is 3.23. The van der Waals surface area contributed by atoms with Gasteiger partial charge in [-0.25, -0.2) is 0 Å². The van der Waals surface area contributed by atoms with E-state index in [1.54, 1.807) is 14.2 Å². The third-order valence-electron chi connectivity index (χ3n) is 4.17. The summed E-state index contributed by atoms with van der Waals surface area (Å²) in [6.45, 7) is 5.42. The summed E-state index contributed by atoms with van der Waals surface area (Å²) in [4.78, 5) is 12.2. The van der Waals surface area contributed by atoms with Crippen molar-refractivity contribution in [3.8, 4) is 17.2 Å². The highest BCUT2D eigenvalue weighted by Gasteiger charge is 2.08. The zero-order valence-electron chi connectivity index (χ0n) is 16.6. The van der Waals surface area contributed by atoms with Crippen molar-refractivity contribution in [2.45, 2.75) is 33.2 Å². The van der Waals surface area contributed by atoms with E-state index in [0.717, 1.165) is 29.0 Å². The lowest BCUT2D eigenvalue weighted by atomic mass is 10.1. The fourth-order valence-corrected chi connectivity index (χ4v) is 2.58. The van der Waals surface area contributed by atoms with Gasteiger partial charge in [0.05, 0.1) is 27.2 Å². The van der Waals surface area contributed by atoms with Crippen LogP contribution in [0.4, 0.5) is 0 Å². The maximum absolute atomic E-state index is 12.2. The number of ether oxygens (including phenoxy) is 3. The predicted octanol–water partition coefficient (Wildman–Crippen LogP) is 3.99. The van der Waals surface area contributed by atoms with Crippen LogP contribution in [0.2, 0.25) is 0 Å². The number of hydrogen-bond acceptors (Lipinski definition) is 4. The van der Waals surface area contributed by atoms with Crippen molar-refractivity contribution in [3.63, 3.8) is 0 Å². The van der Waals surface area contributed by atoms with Crippen molar-refractivity contribution in [3.05, 3.63) is 53.6 Å². The molecule has 2 aromatic carbocycles. The fourth-order valence-electron chi connectivity index (χ4n) is 2.58. The second kappa shape index (κ2) is 10.5. The highest BCUT2D eigenvalue weighted by molar-refractivity contribution is 5.78. The minimum Gasteiger partial charge on any atom is -0.497 e. The van der Waals surface area contributed by atoms with Crippen molar-refractivity contribution in [1.82, 2.24) is 5.32 Å². The Hall–Kier alpha value is -2.69. The van der Waals surface area contributed by atoms with Gasteiger partial charge < -0.3 is 19.5 Å². The summed E-state index contributed by atoms with van der Waals surface area (Å²) in [5, 5.41) is 2.94. The Balaban J connectivity index is 1.89. The van der Waals surface area contributed by atoms with Gasteiger partial charge in [0.15, 0.2) is 11.5 Å². The summed E-state index contributed by atoms with van der Waals surface area (Å²) in [5.41, 5.74) is 1.88. The Morgan fingerprint density at radius 2 is 1.81 bits per heavy atom. The first-order valence-electron chi connectivity index (χ1n) is 9.21. The molecule has 2 aromatic rings. The molecule has 0 unspecified atom stereocenters. The lowest BCUT2D eigenvalue weighted by Gasteiger charge is -2.13. The molecule has 0 bridgehead atoms. The highest BCUT2D eigenvalue weighted by atomic mass is 16.5. The monoisotopic (exact) mass is 371 g/mol. The maximum Gasteiger partial charge on any atom is 0.224 e. The first kappa shape index (κ1) is 20.6. The van der Waals surface area contributed by atoms with E-state index in [1.165, 1.54) is 0 Å². The number of carbonyl (C=O) groups is 1. The molecule has 5 nitrogen and oxygen atoms in total. The fraction of sp³-hybridized carbons (Fsp3) is 0.409. The molecule has 0 heterocycles. The van der Waals surface area contributed by atoms with Gasteiger partial charge in [-0.05, 0) is 47.7 Å². The molecule has 0 fully saturated rings. The molecule has 0 aliphatic rings. The smallest absolute Gasteiger partial charge is 0.224 e. The zero-order valence-corrected chi connectivity index (χ0v) is 16.6. The summed E-state index contributed by atoms with van der Waals surface area (Å²) in [6, 6.07) is 13.3. The molecule has 0 aromatic heterocycles. The van der Waals surface area contributed by atoms with Crippen LogP contribution in [-0.2, 0) is 17.8 Å². The molecule has 2 rings (SSSR count). The summed E-state index contributed by atoms with van der Waals surface area (Å²) < 4.78 is 16.4. The Morgan fingerprint density at radius 3 is 2.52 bits per heavy atom. The lowest BCUT2D eigenvalue weighted by Crippen LogP contribution is -2.24. The van der Waals surface area contributed by atoms with Crippen LogP contribution in [0.1, 0.15) is 31.4 Å². The van der Waals surface area contributed by atoms with Crippen LogP contribution in [0.15, 0.2) is 42.5 Å². The molecule has 0 saturated heterocycles. The summed E-state index contributed by atoms with van der Waals surface area (Å²) in [6.07, 6.45) is 1.30. The van der Waals surface area contributed by atoms with Gasteiger partial charge in [0.2, 0.25) is 5.91 Å². The van der Waals surface area contributed by atoms with Gasteiger partial charge in [-0.1, -0.05) is 32.0 Å². The molecule has 0 aliphatic heterocycles. The van der Waals surface area contributed by atoms with Crippen LogP contribution in [0.25, 0.3) is 0 Å². The van der Waals surface area contributed by atoms with E-state index in [9.17, 15) is 4.79 Å². The molecule has 0 atom stereocenters. The minimum absolute atomic E-state index is 0.0421. The van der Waals surface area contributed by atoms with Gasteiger partial charge in [-0.2, -0.15) is 0 Å². The van der Waals surface area contributed by atoms with Crippen LogP contribution in [0, 0.1) is 5.92 Å². The standard InChI is InChI=1S/C22H29NO4/c1-16(2)10-11-27-20-9-8-18(13-21(20)26-4)15-23-22(24)14-17-6-5-7-19(12-17)25-3/h5-9,12-13,16H,10-11,14-15H2,1-4H3,(H,23,24). The maximum atomic E-state index is 12.2. The van der Waals surface area contributed by atoms with Gasteiger partial charge in [-0.15, -0.1) is 0 Å². The number of nitrogens with one attached hydrogen (secondary N) is 1. The Labute approximate surface area is 161 Å². The molecular weight excluding hydrogens is 342 g/mol. The van der Waals surface area contributed by atoms with Gasteiger partial charge in [0.25, 0.3) is 0 Å². The lowest BCUT2D eigenvalue weighted by molar-refractivity contribution is -0.120. The van der Waals surface area contributed by atoms with Crippen molar-refractivity contribution in [1.29, 1.82) is 0 Å². The molecule has 1 amide bonds. The number of amides is 1. The van der Waals surface area contributed by atoms with Crippen LogP contribution in [0.5, 0.6) is 17.2 Å². The molecule has 146 valence electrons. The number of carbonyl (C=O) groups excluding carboxylic acids is 1. The molecule has 1 N–H and O–H groups in total. The number of benzene rings is 2. The largest absolute Gasteiger partial charge is 0.497 e. The van der Waals surface area contributed by atoms with Crippen LogP contribution < -0.4 is 19.5 Å². The molecule has 0 radical (unpaired) electrons. The van der Waals surface area contributed by atoms with E-state index in [2.05, 4.69) is 19.2 Å². The van der Waals surface area contributed by atoms with E-state index >= 15 is 0 Å². The van der Waals surface area contributed by atoms with Crippen LogP contribution in [-0.4, -0.2) is 26.7 Å². The van der Waals surface area contributed by atoms with Crippen LogP contribution in [0.3, 0.4) is 0 Å². The normalized spacial score (nSPS) is 10.6. The zero-order chi connectivity index (χ0) is 19.6. The molecule has 0 aliphatic carbocycles. The van der Waals surface area contributed by atoms with E-state index < -0.39 is 0 Å². The number of methoxy groups -OCH3 is 2. The first-order valence-corrected chi connectivity index (χ1v) is 9.21. The Morgan fingerprint density at radius 1 is 1.00 bits per heavy atom. The van der Waals surface area contributed by atoms with E-state index in [4.69, 9.17) is 14.2 Å². The average Bonchev–Trinajstić information content (AvgIpc) is 2.66. The minimum atomic E-state index is -0.0421.